The Morgan fingerprint density at radius 2 is 2.18 bits per heavy atom. The summed E-state index contributed by atoms with van der Waals surface area (Å²) in [4.78, 5) is 12.9. The van der Waals surface area contributed by atoms with Crippen LogP contribution in [-0.2, 0) is 11.0 Å². The van der Waals surface area contributed by atoms with Crippen LogP contribution < -0.4 is 10.6 Å². The molecule has 118 valence electrons. The summed E-state index contributed by atoms with van der Waals surface area (Å²) in [6.45, 7) is 1.24. The largest absolute Gasteiger partial charge is 0.417 e. The molecule has 1 aromatic carbocycles. The van der Waals surface area contributed by atoms with Crippen molar-refractivity contribution in [2.75, 3.05) is 18.0 Å². The maximum absolute atomic E-state index is 12.8. The van der Waals surface area contributed by atoms with Gasteiger partial charge in [0, 0.05) is 25.2 Å². The first-order chi connectivity index (χ1) is 10.3. The van der Waals surface area contributed by atoms with Crippen molar-refractivity contribution in [2.24, 2.45) is 11.7 Å². The predicted molar refractivity (Wildman–Crippen MR) is 74.9 cm³/mol. The second-order valence-corrected chi connectivity index (χ2v) is 5.46. The summed E-state index contributed by atoms with van der Waals surface area (Å²) >= 11 is 0. The third-order valence-corrected chi connectivity index (χ3v) is 3.80. The van der Waals surface area contributed by atoms with Crippen LogP contribution in [0.15, 0.2) is 18.2 Å². The van der Waals surface area contributed by atoms with E-state index in [9.17, 15) is 18.0 Å². The highest BCUT2D eigenvalue weighted by atomic mass is 19.4. The molecular formula is C15H16F3N3O. The minimum absolute atomic E-state index is 0.0964. The molecule has 7 heteroatoms. The van der Waals surface area contributed by atoms with Crippen LogP contribution in [0.2, 0.25) is 0 Å². The Morgan fingerprint density at radius 3 is 2.77 bits per heavy atom. The van der Waals surface area contributed by atoms with Crippen LogP contribution in [0.5, 0.6) is 0 Å². The Bertz CT molecular complexity index is 607. The molecule has 0 saturated carbocycles. The topological polar surface area (TPSA) is 70.1 Å². The lowest BCUT2D eigenvalue weighted by molar-refractivity contribution is -0.137. The monoisotopic (exact) mass is 311 g/mol. The van der Waals surface area contributed by atoms with E-state index in [1.54, 1.807) is 6.07 Å². The van der Waals surface area contributed by atoms with Gasteiger partial charge in [0.15, 0.2) is 0 Å². The lowest BCUT2D eigenvalue weighted by atomic mass is 9.94. The molecule has 0 bridgehead atoms. The van der Waals surface area contributed by atoms with Gasteiger partial charge in [0.25, 0.3) is 0 Å². The highest BCUT2D eigenvalue weighted by molar-refractivity contribution is 5.74. The SMILES string of the molecule is N#Cc1cc(N2CCC[C@@H](CC(N)=O)C2)ccc1C(F)(F)F. The summed E-state index contributed by atoms with van der Waals surface area (Å²) in [5.41, 5.74) is 4.45. The van der Waals surface area contributed by atoms with E-state index in [1.807, 2.05) is 4.90 Å². The third-order valence-electron chi connectivity index (χ3n) is 3.80. The van der Waals surface area contributed by atoms with E-state index in [1.165, 1.54) is 12.1 Å². The molecule has 2 N–H and O–H groups in total. The van der Waals surface area contributed by atoms with Gasteiger partial charge < -0.3 is 10.6 Å². The molecule has 0 spiro atoms. The second kappa shape index (κ2) is 6.26. The zero-order chi connectivity index (χ0) is 16.3. The van der Waals surface area contributed by atoms with Crippen molar-refractivity contribution in [2.45, 2.75) is 25.4 Å². The van der Waals surface area contributed by atoms with Crippen molar-refractivity contribution in [3.63, 3.8) is 0 Å². The molecule has 2 rings (SSSR count). The van der Waals surface area contributed by atoms with Gasteiger partial charge in [-0.2, -0.15) is 18.4 Å². The number of primary amides is 1. The lowest BCUT2D eigenvalue weighted by Crippen LogP contribution is -2.37. The fourth-order valence-electron chi connectivity index (χ4n) is 2.82. The molecule has 0 aliphatic carbocycles. The molecule has 22 heavy (non-hydrogen) atoms. The predicted octanol–water partition coefficient (Wildman–Crippen LogP) is 2.67. The van der Waals surface area contributed by atoms with Gasteiger partial charge in [-0.15, -0.1) is 0 Å². The van der Waals surface area contributed by atoms with Crippen LogP contribution in [-0.4, -0.2) is 19.0 Å². The number of rotatable bonds is 3. The second-order valence-electron chi connectivity index (χ2n) is 5.46. The van der Waals surface area contributed by atoms with Gasteiger partial charge >= 0.3 is 6.18 Å². The molecule has 0 radical (unpaired) electrons. The van der Waals surface area contributed by atoms with Crippen LogP contribution >= 0.6 is 0 Å². The van der Waals surface area contributed by atoms with Gasteiger partial charge in [-0.05, 0) is 37.0 Å². The molecule has 1 amide bonds. The fourth-order valence-corrected chi connectivity index (χ4v) is 2.82. The number of nitrogens with zero attached hydrogens (tertiary/aromatic N) is 2. The molecule has 4 nitrogen and oxygen atoms in total. The third kappa shape index (κ3) is 3.70. The fraction of sp³-hybridized carbons (Fsp3) is 0.467. The van der Waals surface area contributed by atoms with Gasteiger partial charge in [0.2, 0.25) is 5.91 Å². The van der Waals surface area contributed by atoms with Crippen LogP contribution in [0, 0.1) is 17.2 Å². The first-order valence-electron chi connectivity index (χ1n) is 6.96. The van der Waals surface area contributed by atoms with E-state index in [0.717, 1.165) is 18.9 Å². The Kier molecular flexibility index (Phi) is 4.59. The van der Waals surface area contributed by atoms with E-state index in [2.05, 4.69) is 0 Å². The molecule has 1 atom stereocenters. The van der Waals surface area contributed by atoms with E-state index in [-0.39, 0.29) is 23.8 Å². The molecule has 1 aliphatic heterocycles. The molecule has 1 heterocycles. The van der Waals surface area contributed by atoms with Crippen LogP contribution in [0.3, 0.4) is 0 Å². The summed E-state index contributed by atoms with van der Waals surface area (Å²) in [6, 6.07) is 5.17. The number of piperidine rings is 1. The quantitative estimate of drug-likeness (QED) is 0.933. The summed E-state index contributed by atoms with van der Waals surface area (Å²) in [7, 11) is 0. The number of amides is 1. The van der Waals surface area contributed by atoms with Crippen molar-refractivity contribution in [1.82, 2.24) is 0 Å². The van der Waals surface area contributed by atoms with E-state index in [0.29, 0.717) is 18.8 Å². The first kappa shape index (κ1) is 16.1. The van der Waals surface area contributed by atoms with Crippen molar-refractivity contribution in [3.05, 3.63) is 29.3 Å². The molecule has 1 fully saturated rings. The standard InChI is InChI=1S/C15H16F3N3O/c16-15(17,18)13-4-3-12(7-11(13)8-19)21-5-1-2-10(9-21)6-14(20)22/h3-4,7,10H,1-2,5-6,9H2,(H2,20,22)/t10-/m0/s1. The highest BCUT2D eigenvalue weighted by Crippen LogP contribution is 2.34. The number of carbonyl (C=O) groups is 1. The van der Waals surface area contributed by atoms with Gasteiger partial charge in [-0.3, -0.25) is 4.79 Å². The van der Waals surface area contributed by atoms with Crippen molar-refractivity contribution in [3.8, 4) is 6.07 Å². The van der Waals surface area contributed by atoms with Gasteiger partial charge in [0.1, 0.15) is 0 Å². The normalized spacial score (nSPS) is 18.8. The maximum atomic E-state index is 12.8. The smallest absolute Gasteiger partial charge is 0.371 e. The lowest BCUT2D eigenvalue weighted by Gasteiger charge is -2.34. The summed E-state index contributed by atoms with van der Waals surface area (Å²) in [5.74, 6) is -0.281. The van der Waals surface area contributed by atoms with Crippen LogP contribution in [0.1, 0.15) is 30.4 Å². The summed E-state index contributed by atoms with van der Waals surface area (Å²) in [6.07, 6.45) is -2.58. The molecule has 0 unspecified atom stereocenters. The highest BCUT2D eigenvalue weighted by Gasteiger charge is 2.34. The minimum atomic E-state index is -4.54. The Hall–Kier alpha value is -2.23. The number of nitriles is 1. The average molecular weight is 311 g/mol. The van der Waals surface area contributed by atoms with Gasteiger partial charge in [-0.1, -0.05) is 0 Å². The van der Waals surface area contributed by atoms with E-state index in [4.69, 9.17) is 11.0 Å². The molecule has 1 aliphatic rings. The molecule has 1 aromatic rings. The molecule has 0 aromatic heterocycles. The minimum Gasteiger partial charge on any atom is -0.371 e. The number of benzene rings is 1. The number of carbonyl (C=O) groups excluding carboxylic acids is 1. The van der Waals surface area contributed by atoms with Gasteiger partial charge in [0.05, 0.1) is 17.2 Å². The van der Waals surface area contributed by atoms with Gasteiger partial charge in [-0.25, -0.2) is 0 Å². The Balaban J connectivity index is 2.22. The number of anilines is 1. The number of halogens is 3. The van der Waals surface area contributed by atoms with Crippen molar-refractivity contribution >= 4 is 11.6 Å². The van der Waals surface area contributed by atoms with Crippen molar-refractivity contribution < 1.29 is 18.0 Å². The van der Waals surface area contributed by atoms with Crippen LogP contribution in [0.25, 0.3) is 0 Å². The average Bonchev–Trinajstić information content (AvgIpc) is 2.45. The summed E-state index contributed by atoms with van der Waals surface area (Å²) < 4.78 is 38.4. The number of hydrogen-bond acceptors (Lipinski definition) is 3. The number of hydrogen-bond donors (Lipinski definition) is 1. The zero-order valence-electron chi connectivity index (χ0n) is 11.9. The Morgan fingerprint density at radius 1 is 1.45 bits per heavy atom. The van der Waals surface area contributed by atoms with Crippen LogP contribution in [0.4, 0.5) is 18.9 Å². The Labute approximate surface area is 126 Å². The molecular weight excluding hydrogens is 295 g/mol. The maximum Gasteiger partial charge on any atom is 0.417 e. The van der Waals surface area contributed by atoms with E-state index >= 15 is 0 Å². The number of alkyl halides is 3. The van der Waals surface area contributed by atoms with Crippen molar-refractivity contribution in [1.29, 1.82) is 5.26 Å². The molecule has 1 saturated heterocycles. The first-order valence-corrected chi connectivity index (χ1v) is 6.96. The zero-order valence-corrected chi connectivity index (χ0v) is 11.9. The van der Waals surface area contributed by atoms with E-state index < -0.39 is 11.7 Å². The summed E-state index contributed by atoms with van der Waals surface area (Å²) in [5, 5.41) is 8.95. The number of nitrogens with two attached hydrogens (primary N) is 1.